The molecule has 0 aliphatic heterocycles. The van der Waals surface area contributed by atoms with E-state index in [1.54, 1.807) is 71.1 Å². The van der Waals surface area contributed by atoms with E-state index in [2.05, 4.69) is 20.3 Å². The summed E-state index contributed by atoms with van der Waals surface area (Å²) in [7, 11) is 3.39. The van der Waals surface area contributed by atoms with Crippen molar-refractivity contribution in [3.8, 4) is 23.1 Å². The zero-order chi connectivity index (χ0) is 27.8. The number of hydrogen-bond acceptors (Lipinski definition) is 7. The van der Waals surface area contributed by atoms with Crippen molar-refractivity contribution in [2.45, 2.75) is 0 Å². The zero-order valence-electron chi connectivity index (χ0n) is 21.3. The highest BCUT2D eigenvalue weighted by Crippen LogP contribution is 2.30. The molecule has 6 aromatic rings. The SMILES string of the molecule is COc1ccc(-n2cc(C(=O)Nc3ccc(Oc4ncnc5c4ccn5C)c(F)c3)c(=O)c3cccnc32)cc1. The average Bonchev–Trinajstić information content (AvgIpc) is 3.36. The van der Waals surface area contributed by atoms with Gasteiger partial charge in [-0.3, -0.25) is 9.59 Å². The van der Waals surface area contributed by atoms with E-state index >= 15 is 4.39 Å². The number of rotatable bonds is 6. The van der Waals surface area contributed by atoms with Gasteiger partial charge in [0.1, 0.15) is 28.9 Å². The van der Waals surface area contributed by atoms with Crippen LogP contribution in [0, 0.1) is 5.82 Å². The van der Waals surface area contributed by atoms with Gasteiger partial charge in [-0.15, -0.1) is 0 Å². The Labute approximate surface area is 226 Å². The summed E-state index contributed by atoms with van der Waals surface area (Å²) in [5.74, 6) is -0.653. The second-order valence-corrected chi connectivity index (χ2v) is 8.86. The molecule has 11 heteroatoms. The summed E-state index contributed by atoms with van der Waals surface area (Å²) in [4.78, 5) is 39.1. The van der Waals surface area contributed by atoms with E-state index < -0.39 is 17.2 Å². The summed E-state index contributed by atoms with van der Waals surface area (Å²) in [6.45, 7) is 0. The number of anilines is 1. The fourth-order valence-electron chi connectivity index (χ4n) is 4.36. The molecule has 6 rings (SSSR count). The van der Waals surface area contributed by atoms with Crippen molar-refractivity contribution >= 4 is 33.7 Å². The number of halogens is 1. The number of methoxy groups -OCH3 is 1. The Hall–Kier alpha value is -5.58. The number of nitrogens with zero attached hydrogens (tertiary/aromatic N) is 5. The molecule has 0 spiro atoms. The van der Waals surface area contributed by atoms with Crippen molar-refractivity contribution in [3.05, 3.63) is 107 Å². The van der Waals surface area contributed by atoms with Gasteiger partial charge in [0.05, 0.1) is 17.9 Å². The minimum Gasteiger partial charge on any atom is -0.497 e. The summed E-state index contributed by atoms with van der Waals surface area (Å²) in [5.41, 5.74) is 1.21. The molecule has 0 saturated carbocycles. The lowest BCUT2D eigenvalue weighted by Crippen LogP contribution is -2.24. The number of carbonyl (C=O) groups excluding carboxylic acids is 1. The highest BCUT2D eigenvalue weighted by Gasteiger charge is 2.18. The van der Waals surface area contributed by atoms with Crippen LogP contribution in [0.5, 0.6) is 17.4 Å². The molecule has 0 fully saturated rings. The van der Waals surface area contributed by atoms with E-state index in [-0.39, 0.29) is 28.3 Å². The Kier molecular flexibility index (Phi) is 6.15. The van der Waals surface area contributed by atoms with Crippen LogP contribution < -0.4 is 20.2 Å². The van der Waals surface area contributed by atoms with Crippen LogP contribution in [0.25, 0.3) is 27.8 Å². The Bertz CT molecular complexity index is 1970. The molecule has 1 N–H and O–H groups in total. The number of nitrogens with one attached hydrogen (secondary N) is 1. The number of fused-ring (bicyclic) bond motifs is 2. The van der Waals surface area contributed by atoms with Crippen molar-refractivity contribution in [1.29, 1.82) is 0 Å². The molecule has 10 nitrogen and oxygen atoms in total. The minimum atomic E-state index is -0.723. The molecule has 40 heavy (non-hydrogen) atoms. The first-order valence-corrected chi connectivity index (χ1v) is 12.1. The number of ether oxygens (including phenoxy) is 2. The third-order valence-electron chi connectivity index (χ3n) is 6.38. The van der Waals surface area contributed by atoms with Gasteiger partial charge in [0, 0.05) is 43.1 Å². The standard InChI is InChI=1S/C29H21FN6O4/c1-35-13-11-21-26(35)32-16-33-29(21)40-24-10-5-17(14-23(24)30)34-28(38)22-15-36(18-6-8-19(39-2)9-7-18)27-20(25(22)37)4-3-12-31-27/h3-16H,1-2H3,(H,34,38). The van der Waals surface area contributed by atoms with Crippen LogP contribution in [-0.4, -0.2) is 37.1 Å². The lowest BCUT2D eigenvalue weighted by atomic mass is 10.1. The molecule has 198 valence electrons. The molecule has 0 aliphatic carbocycles. The smallest absolute Gasteiger partial charge is 0.261 e. The normalized spacial score (nSPS) is 11.1. The summed E-state index contributed by atoms with van der Waals surface area (Å²) in [5, 5.41) is 3.50. The number of hydrogen-bond donors (Lipinski definition) is 1. The van der Waals surface area contributed by atoms with Gasteiger partial charge < -0.3 is 23.9 Å². The van der Waals surface area contributed by atoms with Crippen LogP contribution in [0.4, 0.5) is 10.1 Å². The van der Waals surface area contributed by atoms with Crippen molar-refractivity contribution < 1.29 is 18.7 Å². The van der Waals surface area contributed by atoms with E-state index in [4.69, 9.17) is 9.47 Å². The molecule has 0 saturated heterocycles. The molecule has 4 heterocycles. The molecule has 0 aliphatic rings. The first kappa shape index (κ1) is 24.7. The van der Waals surface area contributed by atoms with Gasteiger partial charge in [0.2, 0.25) is 11.3 Å². The van der Waals surface area contributed by atoms with Crippen molar-refractivity contribution in [1.82, 2.24) is 24.1 Å². The molecule has 0 radical (unpaired) electrons. The Morgan fingerprint density at radius 1 is 0.975 bits per heavy atom. The summed E-state index contributed by atoms with van der Waals surface area (Å²) in [6, 6.07) is 16.1. The number of aromatic nitrogens is 5. The van der Waals surface area contributed by atoms with E-state index in [9.17, 15) is 9.59 Å². The Morgan fingerprint density at radius 3 is 2.58 bits per heavy atom. The van der Waals surface area contributed by atoms with Crippen LogP contribution in [0.15, 0.2) is 90.4 Å². The zero-order valence-corrected chi connectivity index (χ0v) is 21.3. The molecule has 0 unspecified atom stereocenters. The number of pyridine rings is 2. The summed E-state index contributed by atoms with van der Waals surface area (Å²) >= 11 is 0. The quantitative estimate of drug-likeness (QED) is 0.323. The molecule has 4 aromatic heterocycles. The van der Waals surface area contributed by atoms with Gasteiger partial charge in [0.25, 0.3) is 5.91 Å². The van der Waals surface area contributed by atoms with E-state index in [0.717, 1.165) is 6.07 Å². The van der Waals surface area contributed by atoms with Crippen LogP contribution in [0.3, 0.4) is 0 Å². The second kappa shape index (κ2) is 9.95. The highest BCUT2D eigenvalue weighted by atomic mass is 19.1. The Morgan fingerprint density at radius 2 is 1.80 bits per heavy atom. The van der Waals surface area contributed by atoms with Crippen LogP contribution in [0.2, 0.25) is 0 Å². The maximum atomic E-state index is 15.0. The van der Waals surface area contributed by atoms with Gasteiger partial charge in [-0.2, -0.15) is 0 Å². The highest BCUT2D eigenvalue weighted by molar-refractivity contribution is 6.05. The molecule has 1 amide bonds. The molecule has 0 bridgehead atoms. The molecule has 0 atom stereocenters. The Balaban J connectivity index is 1.31. The predicted molar refractivity (Wildman–Crippen MR) is 147 cm³/mol. The third-order valence-corrected chi connectivity index (χ3v) is 6.38. The number of aryl methyl sites for hydroxylation is 1. The number of carbonyl (C=O) groups is 1. The van der Waals surface area contributed by atoms with E-state index in [1.165, 1.54) is 24.7 Å². The molecular weight excluding hydrogens is 515 g/mol. The fourth-order valence-corrected chi connectivity index (χ4v) is 4.36. The maximum absolute atomic E-state index is 15.0. The van der Waals surface area contributed by atoms with E-state index in [0.29, 0.717) is 28.1 Å². The maximum Gasteiger partial charge on any atom is 0.261 e. The van der Waals surface area contributed by atoms with Crippen molar-refractivity contribution in [2.75, 3.05) is 12.4 Å². The predicted octanol–water partition coefficient (Wildman–Crippen LogP) is 4.86. The lowest BCUT2D eigenvalue weighted by Gasteiger charge is -2.14. The van der Waals surface area contributed by atoms with Gasteiger partial charge in [-0.1, -0.05) is 0 Å². The number of amides is 1. The average molecular weight is 537 g/mol. The lowest BCUT2D eigenvalue weighted by molar-refractivity contribution is 0.102. The van der Waals surface area contributed by atoms with Crippen molar-refractivity contribution in [2.24, 2.45) is 7.05 Å². The molecular formula is C29H21FN6O4. The van der Waals surface area contributed by atoms with Crippen LogP contribution in [-0.2, 0) is 7.05 Å². The van der Waals surface area contributed by atoms with Crippen LogP contribution >= 0.6 is 0 Å². The largest absolute Gasteiger partial charge is 0.497 e. The van der Waals surface area contributed by atoms with Gasteiger partial charge in [-0.25, -0.2) is 19.3 Å². The summed E-state index contributed by atoms with van der Waals surface area (Å²) < 4.78 is 29.4. The topological polar surface area (TPSA) is 113 Å². The van der Waals surface area contributed by atoms with Gasteiger partial charge in [-0.05, 0) is 54.6 Å². The molecule has 2 aromatic carbocycles. The first-order valence-electron chi connectivity index (χ1n) is 12.1. The van der Waals surface area contributed by atoms with E-state index in [1.807, 2.05) is 7.05 Å². The van der Waals surface area contributed by atoms with Crippen LogP contribution in [0.1, 0.15) is 10.4 Å². The first-order chi connectivity index (χ1) is 19.4. The minimum absolute atomic E-state index is 0.0829. The van der Waals surface area contributed by atoms with Gasteiger partial charge >= 0.3 is 0 Å². The second-order valence-electron chi connectivity index (χ2n) is 8.86. The summed E-state index contributed by atoms with van der Waals surface area (Å²) in [6.07, 6.45) is 6.12. The number of benzene rings is 2. The fraction of sp³-hybridized carbons (Fsp3) is 0.0690. The monoisotopic (exact) mass is 536 g/mol. The van der Waals surface area contributed by atoms with Gasteiger partial charge in [0.15, 0.2) is 11.6 Å². The third kappa shape index (κ3) is 4.39. The van der Waals surface area contributed by atoms with Crippen molar-refractivity contribution in [3.63, 3.8) is 0 Å².